The Kier molecular flexibility index (Phi) is 5.39. The maximum absolute atomic E-state index is 12.9. The van der Waals surface area contributed by atoms with Gasteiger partial charge in [-0.3, -0.25) is 4.79 Å². The number of halogens is 2. The molecule has 2 aromatic carbocycles. The fraction of sp³-hybridized carbons (Fsp3) is 0.235. The fourth-order valence-corrected chi connectivity index (χ4v) is 2.13. The molecule has 2 aromatic rings. The Hall–Kier alpha value is -2.07. The highest BCUT2D eigenvalue weighted by atomic mass is 35.5. The number of ether oxygens (including phenoxy) is 1. The molecule has 0 radical (unpaired) electrons. The van der Waals surface area contributed by atoms with Gasteiger partial charge in [-0.15, -0.1) is 0 Å². The van der Waals surface area contributed by atoms with Gasteiger partial charge in [-0.05, 0) is 55.3 Å². The van der Waals surface area contributed by atoms with E-state index in [9.17, 15) is 9.18 Å². The van der Waals surface area contributed by atoms with Gasteiger partial charge in [-0.2, -0.15) is 0 Å². The zero-order chi connectivity index (χ0) is 16.1. The maximum atomic E-state index is 12.9. The summed E-state index contributed by atoms with van der Waals surface area (Å²) in [6, 6.07) is 10.9. The van der Waals surface area contributed by atoms with Gasteiger partial charge in [-0.25, -0.2) is 4.39 Å². The monoisotopic (exact) mass is 321 g/mol. The van der Waals surface area contributed by atoms with Crippen LogP contribution < -0.4 is 10.1 Å². The van der Waals surface area contributed by atoms with Crippen LogP contribution in [0.25, 0.3) is 0 Å². The highest BCUT2D eigenvalue weighted by molar-refractivity contribution is 6.31. The zero-order valence-corrected chi connectivity index (χ0v) is 13.2. The number of benzene rings is 2. The summed E-state index contributed by atoms with van der Waals surface area (Å²) in [5, 5.41) is 3.40. The summed E-state index contributed by atoms with van der Waals surface area (Å²) in [7, 11) is 0. The second kappa shape index (κ2) is 7.27. The molecule has 0 aliphatic heterocycles. The number of anilines is 1. The van der Waals surface area contributed by atoms with Crippen LogP contribution >= 0.6 is 11.6 Å². The molecule has 0 aliphatic carbocycles. The quantitative estimate of drug-likeness (QED) is 0.875. The lowest BCUT2D eigenvalue weighted by molar-refractivity contribution is -0.122. The number of amides is 1. The fourth-order valence-electron chi connectivity index (χ4n) is 1.96. The van der Waals surface area contributed by atoms with E-state index in [1.54, 1.807) is 18.2 Å². The second-order valence-corrected chi connectivity index (χ2v) is 5.28. The molecule has 0 fully saturated rings. The molecule has 1 N–H and O–H groups in total. The van der Waals surface area contributed by atoms with Crippen molar-refractivity contribution in [3.63, 3.8) is 0 Å². The third kappa shape index (κ3) is 3.98. The summed E-state index contributed by atoms with van der Waals surface area (Å²) in [5.41, 5.74) is 1.45. The summed E-state index contributed by atoms with van der Waals surface area (Å²) in [6.07, 6.45) is -0.174. The van der Waals surface area contributed by atoms with Gasteiger partial charge in [0.25, 0.3) is 5.91 Å². The summed E-state index contributed by atoms with van der Waals surface area (Å²) < 4.78 is 18.5. The van der Waals surface area contributed by atoms with E-state index in [1.165, 1.54) is 24.3 Å². The van der Waals surface area contributed by atoms with Crippen LogP contribution in [0.5, 0.6) is 5.75 Å². The number of hydrogen-bond acceptors (Lipinski definition) is 2. The van der Waals surface area contributed by atoms with Crippen molar-refractivity contribution in [3.8, 4) is 5.75 Å². The number of rotatable bonds is 5. The predicted molar refractivity (Wildman–Crippen MR) is 85.9 cm³/mol. The van der Waals surface area contributed by atoms with Crippen LogP contribution in [0.1, 0.15) is 18.9 Å². The number of hydrogen-bond donors (Lipinski definition) is 1. The lowest BCUT2D eigenvalue weighted by Crippen LogP contribution is -2.32. The molecular formula is C17H17ClFNO2. The van der Waals surface area contributed by atoms with E-state index in [1.807, 2.05) is 13.8 Å². The lowest BCUT2D eigenvalue weighted by atomic mass is 10.2. The van der Waals surface area contributed by atoms with Gasteiger partial charge in [0.05, 0.1) is 0 Å². The average molecular weight is 322 g/mol. The van der Waals surface area contributed by atoms with Gasteiger partial charge in [0.15, 0.2) is 6.10 Å². The molecule has 0 saturated carbocycles. The van der Waals surface area contributed by atoms with Crippen molar-refractivity contribution in [1.29, 1.82) is 0 Å². The van der Waals surface area contributed by atoms with Gasteiger partial charge in [0.2, 0.25) is 0 Å². The van der Waals surface area contributed by atoms with Gasteiger partial charge in [-0.1, -0.05) is 24.6 Å². The van der Waals surface area contributed by atoms with Crippen molar-refractivity contribution < 1.29 is 13.9 Å². The summed E-state index contributed by atoms with van der Waals surface area (Å²) >= 11 is 6.04. The number of carbonyl (C=O) groups is 1. The molecule has 22 heavy (non-hydrogen) atoms. The minimum Gasteiger partial charge on any atom is -0.481 e. The molecule has 0 aliphatic rings. The first-order valence-corrected chi connectivity index (χ1v) is 7.37. The molecule has 1 amide bonds. The van der Waals surface area contributed by atoms with E-state index in [4.69, 9.17) is 16.3 Å². The molecule has 5 heteroatoms. The van der Waals surface area contributed by atoms with E-state index in [0.29, 0.717) is 22.9 Å². The topological polar surface area (TPSA) is 38.3 Å². The van der Waals surface area contributed by atoms with E-state index < -0.39 is 6.10 Å². The van der Waals surface area contributed by atoms with Gasteiger partial charge in [0, 0.05) is 10.7 Å². The van der Waals surface area contributed by atoms with E-state index in [-0.39, 0.29) is 11.7 Å². The van der Waals surface area contributed by atoms with Crippen molar-refractivity contribution in [2.24, 2.45) is 0 Å². The summed E-state index contributed by atoms with van der Waals surface area (Å²) in [5.74, 6) is -0.164. The van der Waals surface area contributed by atoms with Crippen LogP contribution in [0.4, 0.5) is 10.1 Å². The second-order valence-electron chi connectivity index (χ2n) is 4.87. The molecule has 2 rings (SSSR count). The average Bonchev–Trinajstić information content (AvgIpc) is 2.51. The van der Waals surface area contributed by atoms with E-state index in [0.717, 1.165) is 5.56 Å². The van der Waals surface area contributed by atoms with E-state index in [2.05, 4.69) is 5.32 Å². The minimum atomic E-state index is -0.663. The third-order valence-corrected chi connectivity index (χ3v) is 3.69. The highest BCUT2D eigenvalue weighted by Crippen LogP contribution is 2.23. The van der Waals surface area contributed by atoms with Crippen molar-refractivity contribution in [1.82, 2.24) is 0 Å². The minimum absolute atomic E-state index is 0.266. The SMILES string of the molecule is CC[C@@H](Oc1ccc(F)cc1)C(=O)Nc1cccc(Cl)c1C. The van der Waals surface area contributed by atoms with E-state index >= 15 is 0 Å². The summed E-state index contributed by atoms with van der Waals surface area (Å²) in [6.45, 7) is 3.68. The Bertz CT molecular complexity index is 658. The Morgan fingerprint density at radius 1 is 1.27 bits per heavy atom. The van der Waals surface area contributed by atoms with Crippen LogP contribution in [0.2, 0.25) is 5.02 Å². The van der Waals surface area contributed by atoms with Gasteiger partial charge in [0.1, 0.15) is 11.6 Å². The Balaban J connectivity index is 2.08. The molecule has 3 nitrogen and oxygen atoms in total. The van der Waals surface area contributed by atoms with Crippen LogP contribution in [0.15, 0.2) is 42.5 Å². The number of nitrogens with one attached hydrogen (secondary N) is 1. The molecule has 0 bridgehead atoms. The maximum Gasteiger partial charge on any atom is 0.265 e. The standard InChI is InChI=1S/C17H17ClFNO2/c1-3-16(22-13-9-7-12(19)8-10-13)17(21)20-15-6-4-5-14(18)11(15)2/h4-10,16H,3H2,1-2H3,(H,20,21)/t16-/m1/s1. The van der Waals surface area contributed by atoms with Crippen LogP contribution in [-0.2, 0) is 4.79 Å². The predicted octanol–water partition coefficient (Wildman–Crippen LogP) is 4.58. The zero-order valence-electron chi connectivity index (χ0n) is 12.4. The third-order valence-electron chi connectivity index (χ3n) is 3.28. The van der Waals surface area contributed by atoms with Crippen molar-refractivity contribution in [2.45, 2.75) is 26.4 Å². The lowest BCUT2D eigenvalue weighted by Gasteiger charge is -2.18. The van der Waals surface area contributed by atoms with Crippen molar-refractivity contribution >= 4 is 23.2 Å². The first kappa shape index (κ1) is 16.3. The van der Waals surface area contributed by atoms with Crippen LogP contribution in [0.3, 0.4) is 0 Å². The van der Waals surface area contributed by atoms with Crippen LogP contribution in [0, 0.1) is 12.7 Å². The smallest absolute Gasteiger partial charge is 0.265 e. The molecule has 116 valence electrons. The molecule has 0 heterocycles. The molecule has 0 unspecified atom stereocenters. The first-order chi connectivity index (χ1) is 10.5. The Morgan fingerprint density at radius 3 is 2.59 bits per heavy atom. The molecule has 0 aromatic heterocycles. The molecular weight excluding hydrogens is 305 g/mol. The van der Waals surface area contributed by atoms with Crippen molar-refractivity contribution in [2.75, 3.05) is 5.32 Å². The largest absolute Gasteiger partial charge is 0.481 e. The first-order valence-electron chi connectivity index (χ1n) is 6.99. The normalized spacial score (nSPS) is 11.8. The highest BCUT2D eigenvalue weighted by Gasteiger charge is 2.19. The number of carbonyl (C=O) groups excluding carboxylic acids is 1. The van der Waals surface area contributed by atoms with Gasteiger partial charge >= 0.3 is 0 Å². The molecule has 0 spiro atoms. The van der Waals surface area contributed by atoms with Crippen molar-refractivity contribution in [3.05, 3.63) is 58.9 Å². The van der Waals surface area contributed by atoms with Gasteiger partial charge < -0.3 is 10.1 Å². The molecule has 0 saturated heterocycles. The molecule has 1 atom stereocenters. The van der Waals surface area contributed by atoms with Crippen LogP contribution in [-0.4, -0.2) is 12.0 Å². The Morgan fingerprint density at radius 2 is 1.95 bits per heavy atom. The summed E-state index contributed by atoms with van der Waals surface area (Å²) in [4.78, 5) is 12.3. The Labute approximate surface area is 134 Å².